The first-order valence-corrected chi connectivity index (χ1v) is 6.96. The van der Waals surface area contributed by atoms with Gasteiger partial charge in [-0.1, -0.05) is 6.92 Å². The molecule has 0 saturated carbocycles. The van der Waals surface area contributed by atoms with Gasteiger partial charge in [0.25, 0.3) is 0 Å². The topological polar surface area (TPSA) is 61.0 Å². The molecule has 2 heterocycles. The van der Waals surface area contributed by atoms with Crippen molar-refractivity contribution in [3.63, 3.8) is 0 Å². The van der Waals surface area contributed by atoms with Gasteiger partial charge < -0.3 is 10.5 Å². The Hall–Kier alpha value is -1.00. The van der Waals surface area contributed by atoms with Gasteiger partial charge in [0, 0.05) is 37.4 Å². The van der Waals surface area contributed by atoms with E-state index in [4.69, 9.17) is 10.5 Å². The summed E-state index contributed by atoms with van der Waals surface area (Å²) in [5, 5.41) is 0. The van der Waals surface area contributed by atoms with Crippen molar-refractivity contribution < 1.29 is 4.74 Å². The molecule has 18 heavy (non-hydrogen) atoms. The Balaban J connectivity index is 1.93. The highest BCUT2D eigenvalue weighted by molar-refractivity contribution is 5.05. The normalized spacial score (nSPS) is 21.8. The largest absolute Gasteiger partial charge is 0.378 e. The maximum Gasteiger partial charge on any atom is 0.131 e. The third kappa shape index (κ3) is 4.03. The minimum atomic E-state index is 0.193. The van der Waals surface area contributed by atoms with Crippen LogP contribution in [0.25, 0.3) is 0 Å². The molecule has 4 nitrogen and oxygen atoms in total. The zero-order valence-electron chi connectivity index (χ0n) is 11.1. The van der Waals surface area contributed by atoms with Crippen molar-refractivity contribution in [2.75, 3.05) is 6.61 Å². The fraction of sp³-hybridized carbons (Fsp3) is 0.714. The first-order valence-electron chi connectivity index (χ1n) is 6.96. The van der Waals surface area contributed by atoms with Crippen LogP contribution in [0.3, 0.4) is 0 Å². The van der Waals surface area contributed by atoms with Crippen LogP contribution in [0.4, 0.5) is 0 Å². The number of hydrogen-bond donors (Lipinski definition) is 1. The smallest absolute Gasteiger partial charge is 0.131 e. The Labute approximate surface area is 109 Å². The van der Waals surface area contributed by atoms with Crippen LogP contribution in [-0.4, -0.2) is 28.7 Å². The molecule has 1 fully saturated rings. The summed E-state index contributed by atoms with van der Waals surface area (Å²) in [6.45, 7) is 2.98. The van der Waals surface area contributed by atoms with E-state index >= 15 is 0 Å². The van der Waals surface area contributed by atoms with E-state index in [2.05, 4.69) is 16.9 Å². The van der Waals surface area contributed by atoms with E-state index in [1.807, 2.05) is 12.3 Å². The molecular weight excluding hydrogens is 226 g/mol. The van der Waals surface area contributed by atoms with E-state index in [9.17, 15) is 0 Å². The molecule has 2 unspecified atom stereocenters. The molecule has 2 atom stereocenters. The second-order valence-corrected chi connectivity index (χ2v) is 5.03. The highest BCUT2D eigenvalue weighted by Gasteiger charge is 2.16. The van der Waals surface area contributed by atoms with Gasteiger partial charge >= 0.3 is 0 Å². The van der Waals surface area contributed by atoms with E-state index in [1.165, 1.54) is 12.8 Å². The fourth-order valence-corrected chi connectivity index (χ4v) is 2.24. The van der Waals surface area contributed by atoms with Crippen molar-refractivity contribution in [3.8, 4) is 0 Å². The van der Waals surface area contributed by atoms with Crippen molar-refractivity contribution >= 4 is 0 Å². The molecule has 0 radical (unpaired) electrons. The average molecular weight is 249 g/mol. The van der Waals surface area contributed by atoms with Crippen LogP contribution in [-0.2, 0) is 17.6 Å². The molecule has 0 amide bonds. The molecule has 0 bridgehead atoms. The predicted molar refractivity (Wildman–Crippen MR) is 71.3 cm³/mol. The van der Waals surface area contributed by atoms with Gasteiger partial charge in [0.15, 0.2) is 0 Å². The Morgan fingerprint density at radius 3 is 3.11 bits per heavy atom. The quantitative estimate of drug-likeness (QED) is 0.865. The number of ether oxygens (including phenoxy) is 1. The summed E-state index contributed by atoms with van der Waals surface area (Å²) in [6.07, 6.45) is 8.34. The third-order valence-electron chi connectivity index (χ3n) is 3.44. The summed E-state index contributed by atoms with van der Waals surface area (Å²) in [6, 6.07) is 2.15. The van der Waals surface area contributed by atoms with Crippen LogP contribution in [0.2, 0.25) is 0 Å². The maximum absolute atomic E-state index is 5.95. The van der Waals surface area contributed by atoms with E-state index in [0.717, 1.165) is 43.8 Å². The molecule has 100 valence electrons. The molecule has 1 aromatic rings. The molecule has 1 aliphatic rings. The minimum absolute atomic E-state index is 0.193. The standard InChI is InChI=1S/C14H23N3O/c1-2-11(15)9-12-6-7-16-14(17-12)10-13-5-3-4-8-18-13/h6-7,11,13H,2-5,8-10,15H2,1H3. The molecule has 2 rings (SSSR count). The molecule has 4 heteroatoms. The van der Waals surface area contributed by atoms with Crippen molar-refractivity contribution in [2.24, 2.45) is 5.73 Å². The summed E-state index contributed by atoms with van der Waals surface area (Å²) in [5.41, 5.74) is 7.00. The predicted octanol–water partition coefficient (Wildman–Crippen LogP) is 1.87. The first-order chi connectivity index (χ1) is 8.78. The Morgan fingerprint density at radius 2 is 2.39 bits per heavy atom. The lowest BCUT2D eigenvalue weighted by atomic mass is 10.1. The van der Waals surface area contributed by atoms with E-state index < -0.39 is 0 Å². The molecule has 0 aromatic carbocycles. The SMILES string of the molecule is CCC(N)Cc1ccnc(CC2CCCCO2)n1. The second kappa shape index (κ2) is 6.81. The molecule has 0 aliphatic carbocycles. The van der Waals surface area contributed by atoms with Gasteiger partial charge in [-0.15, -0.1) is 0 Å². The molecule has 1 saturated heterocycles. The van der Waals surface area contributed by atoms with Gasteiger partial charge in [0.2, 0.25) is 0 Å². The van der Waals surface area contributed by atoms with Crippen LogP contribution in [0, 0.1) is 0 Å². The molecule has 2 N–H and O–H groups in total. The van der Waals surface area contributed by atoms with Crippen molar-refractivity contribution in [1.29, 1.82) is 0 Å². The van der Waals surface area contributed by atoms with Crippen LogP contribution in [0.5, 0.6) is 0 Å². The van der Waals surface area contributed by atoms with Crippen molar-refractivity contribution in [1.82, 2.24) is 9.97 Å². The van der Waals surface area contributed by atoms with Gasteiger partial charge in [-0.05, 0) is 31.7 Å². The fourth-order valence-electron chi connectivity index (χ4n) is 2.24. The maximum atomic E-state index is 5.95. The minimum Gasteiger partial charge on any atom is -0.378 e. The molecule has 1 aromatic heterocycles. The van der Waals surface area contributed by atoms with Crippen LogP contribution in [0.15, 0.2) is 12.3 Å². The Kier molecular flexibility index (Phi) is 5.08. The highest BCUT2D eigenvalue weighted by Crippen LogP contribution is 2.15. The summed E-state index contributed by atoms with van der Waals surface area (Å²) in [5.74, 6) is 0.891. The van der Waals surface area contributed by atoms with E-state index in [-0.39, 0.29) is 6.04 Å². The number of aromatic nitrogens is 2. The van der Waals surface area contributed by atoms with Crippen LogP contribution in [0.1, 0.15) is 44.1 Å². The van der Waals surface area contributed by atoms with Gasteiger partial charge in [-0.2, -0.15) is 0 Å². The van der Waals surface area contributed by atoms with E-state index in [1.54, 1.807) is 0 Å². The molecule has 1 aliphatic heterocycles. The molecular formula is C14H23N3O. The lowest BCUT2D eigenvalue weighted by Gasteiger charge is -2.21. The van der Waals surface area contributed by atoms with Crippen molar-refractivity contribution in [2.45, 2.75) is 57.6 Å². The van der Waals surface area contributed by atoms with Crippen LogP contribution < -0.4 is 5.73 Å². The molecule has 0 spiro atoms. The number of rotatable bonds is 5. The lowest BCUT2D eigenvalue weighted by molar-refractivity contribution is 0.0156. The van der Waals surface area contributed by atoms with E-state index in [0.29, 0.717) is 6.10 Å². The van der Waals surface area contributed by atoms with Gasteiger partial charge in [0.05, 0.1) is 6.10 Å². The summed E-state index contributed by atoms with van der Waals surface area (Å²) >= 11 is 0. The Bertz CT molecular complexity index is 364. The van der Waals surface area contributed by atoms with Crippen LogP contribution >= 0.6 is 0 Å². The number of nitrogens with zero attached hydrogens (tertiary/aromatic N) is 2. The van der Waals surface area contributed by atoms with Gasteiger partial charge in [0.1, 0.15) is 5.82 Å². The lowest BCUT2D eigenvalue weighted by Crippen LogP contribution is -2.24. The summed E-state index contributed by atoms with van der Waals surface area (Å²) < 4.78 is 5.72. The van der Waals surface area contributed by atoms with Gasteiger partial charge in [-0.25, -0.2) is 9.97 Å². The second-order valence-electron chi connectivity index (χ2n) is 5.03. The van der Waals surface area contributed by atoms with Crippen molar-refractivity contribution in [3.05, 3.63) is 23.8 Å². The summed E-state index contributed by atoms with van der Waals surface area (Å²) in [4.78, 5) is 8.92. The zero-order valence-corrected chi connectivity index (χ0v) is 11.1. The monoisotopic (exact) mass is 249 g/mol. The zero-order chi connectivity index (χ0) is 12.8. The summed E-state index contributed by atoms with van der Waals surface area (Å²) in [7, 11) is 0. The Morgan fingerprint density at radius 1 is 1.50 bits per heavy atom. The third-order valence-corrected chi connectivity index (χ3v) is 3.44. The number of hydrogen-bond acceptors (Lipinski definition) is 4. The first kappa shape index (κ1) is 13.4. The van der Waals surface area contributed by atoms with Gasteiger partial charge in [-0.3, -0.25) is 0 Å². The average Bonchev–Trinajstić information content (AvgIpc) is 2.40. The highest BCUT2D eigenvalue weighted by atomic mass is 16.5. The number of nitrogens with two attached hydrogens (primary N) is 1.